The van der Waals surface area contributed by atoms with E-state index in [-0.39, 0.29) is 0 Å². The fourth-order valence-electron chi connectivity index (χ4n) is 6.05. The summed E-state index contributed by atoms with van der Waals surface area (Å²) in [5, 5.41) is 0. The number of benzene rings is 2. The summed E-state index contributed by atoms with van der Waals surface area (Å²) in [5.74, 6) is 2.62. The number of allylic oxidation sites excluding steroid dienone is 2. The van der Waals surface area contributed by atoms with E-state index in [4.69, 9.17) is 0 Å². The lowest BCUT2D eigenvalue weighted by molar-refractivity contribution is 0.302. The minimum atomic E-state index is 0.780. The van der Waals surface area contributed by atoms with Gasteiger partial charge in [-0.3, -0.25) is 0 Å². The van der Waals surface area contributed by atoms with Gasteiger partial charge in [-0.25, -0.2) is 0 Å². The van der Waals surface area contributed by atoms with Gasteiger partial charge in [0.15, 0.2) is 0 Å². The lowest BCUT2D eigenvalue weighted by atomic mass is 9.77. The molecular weight excluding hydrogens is 396 g/mol. The normalized spacial score (nSPS) is 23.3. The third-order valence-corrected chi connectivity index (χ3v) is 8.46. The Labute approximate surface area is 203 Å². The number of rotatable bonds is 10. The van der Waals surface area contributed by atoms with Crippen LogP contribution in [0.15, 0.2) is 54.6 Å². The molecule has 1 fully saturated rings. The SMILES string of the molecule is CCCCCCCC[C@H]1CC[C@H](c2ccc(-c3ccc(C4=CCC(C)CC4)cc3)cc2)CC1. The minimum Gasteiger partial charge on any atom is -0.0805 e. The number of unbranched alkanes of at least 4 members (excludes halogenated alkanes) is 5. The van der Waals surface area contributed by atoms with E-state index in [9.17, 15) is 0 Å². The molecule has 2 aliphatic rings. The Bertz CT molecular complexity index is 846. The zero-order chi connectivity index (χ0) is 22.9. The van der Waals surface area contributed by atoms with E-state index < -0.39 is 0 Å². The summed E-state index contributed by atoms with van der Waals surface area (Å²) in [6.07, 6.45) is 22.0. The predicted octanol–water partition coefficient (Wildman–Crippen LogP) is 10.6. The van der Waals surface area contributed by atoms with Crippen LogP contribution in [0.3, 0.4) is 0 Å². The Morgan fingerprint density at radius 3 is 1.91 bits per heavy atom. The first-order chi connectivity index (χ1) is 16.2. The van der Waals surface area contributed by atoms with E-state index in [0.717, 1.165) is 17.8 Å². The average molecular weight is 443 g/mol. The van der Waals surface area contributed by atoms with Gasteiger partial charge in [-0.15, -0.1) is 0 Å². The second-order valence-electron chi connectivity index (χ2n) is 11.1. The van der Waals surface area contributed by atoms with Crippen molar-refractivity contribution in [2.75, 3.05) is 0 Å². The van der Waals surface area contributed by atoms with Crippen molar-refractivity contribution in [2.24, 2.45) is 11.8 Å². The van der Waals surface area contributed by atoms with Gasteiger partial charge in [0.05, 0.1) is 0 Å². The van der Waals surface area contributed by atoms with Gasteiger partial charge in [-0.1, -0.05) is 113 Å². The molecule has 4 rings (SSSR count). The third kappa shape index (κ3) is 7.08. The summed E-state index contributed by atoms with van der Waals surface area (Å²) in [5.41, 5.74) is 7.22. The molecule has 0 radical (unpaired) electrons. The molecule has 0 saturated heterocycles. The summed E-state index contributed by atoms with van der Waals surface area (Å²) >= 11 is 0. The van der Waals surface area contributed by atoms with Gasteiger partial charge < -0.3 is 0 Å². The fraction of sp³-hybridized carbons (Fsp3) is 0.576. The topological polar surface area (TPSA) is 0 Å². The molecule has 0 aliphatic heterocycles. The Hall–Kier alpha value is -1.82. The molecule has 0 heterocycles. The Kier molecular flexibility index (Phi) is 9.27. The van der Waals surface area contributed by atoms with Crippen LogP contribution in [0.5, 0.6) is 0 Å². The van der Waals surface area contributed by atoms with Gasteiger partial charge in [-0.2, -0.15) is 0 Å². The minimum absolute atomic E-state index is 0.780. The molecule has 0 heteroatoms. The number of hydrogen-bond donors (Lipinski definition) is 0. The van der Waals surface area contributed by atoms with Gasteiger partial charge in [-0.05, 0) is 90.5 Å². The van der Waals surface area contributed by atoms with E-state index in [1.165, 1.54) is 107 Å². The van der Waals surface area contributed by atoms with Crippen LogP contribution >= 0.6 is 0 Å². The molecule has 1 saturated carbocycles. The highest BCUT2D eigenvalue weighted by molar-refractivity contribution is 5.71. The lowest BCUT2D eigenvalue weighted by Crippen LogP contribution is -2.13. The molecule has 0 amide bonds. The van der Waals surface area contributed by atoms with Crippen molar-refractivity contribution in [2.45, 2.75) is 110 Å². The van der Waals surface area contributed by atoms with Gasteiger partial charge in [0.2, 0.25) is 0 Å². The zero-order valence-electron chi connectivity index (χ0n) is 21.3. The van der Waals surface area contributed by atoms with Crippen LogP contribution < -0.4 is 0 Å². The molecule has 1 atom stereocenters. The lowest BCUT2D eigenvalue weighted by Gasteiger charge is -2.29. The maximum Gasteiger partial charge on any atom is -0.0162 e. The summed E-state index contributed by atoms with van der Waals surface area (Å²) in [7, 11) is 0. The van der Waals surface area contributed by atoms with Crippen molar-refractivity contribution in [3.05, 3.63) is 65.7 Å². The van der Waals surface area contributed by atoms with Gasteiger partial charge in [0.1, 0.15) is 0 Å². The number of hydrogen-bond acceptors (Lipinski definition) is 0. The quantitative estimate of drug-likeness (QED) is 0.321. The van der Waals surface area contributed by atoms with Crippen molar-refractivity contribution in [3.63, 3.8) is 0 Å². The van der Waals surface area contributed by atoms with E-state index in [0.29, 0.717) is 0 Å². The van der Waals surface area contributed by atoms with Crippen LogP contribution in [-0.4, -0.2) is 0 Å². The first-order valence-corrected chi connectivity index (χ1v) is 14.1. The Morgan fingerprint density at radius 2 is 1.27 bits per heavy atom. The van der Waals surface area contributed by atoms with Crippen molar-refractivity contribution in [1.29, 1.82) is 0 Å². The predicted molar refractivity (Wildman–Crippen MR) is 146 cm³/mol. The van der Waals surface area contributed by atoms with Crippen LogP contribution in [-0.2, 0) is 0 Å². The van der Waals surface area contributed by atoms with Crippen molar-refractivity contribution in [1.82, 2.24) is 0 Å². The standard InChI is InChI=1S/C33H46/c1-3-4-5-6-7-8-9-27-12-16-29(17-13-27)31-20-24-33(25-21-31)32-22-18-30(19-23-32)28-14-10-26(2)11-15-28/h14,18-27,29H,3-13,15-17H2,1-2H3/t26?,27-,29-. The van der Waals surface area contributed by atoms with Crippen molar-refractivity contribution >= 4 is 5.57 Å². The highest BCUT2D eigenvalue weighted by Crippen LogP contribution is 2.38. The van der Waals surface area contributed by atoms with Crippen molar-refractivity contribution < 1.29 is 0 Å². The summed E-state index contributed by atoms with van der Waals surface area (Å²) < 4.78 is 0. The first-order valence-electron chi connectivity index (χ1n) is 14.1. The smallest absolute Gasteiger partial charge is 0.0162 e. The van der Waals surface area contributed by atoms with Crippen LogP contribution in [0.25, 0.3) is 16.7 Å². The highest BCUT2D eigenvalue weighted by Gasteiger charge is 2.22. The van der Waals surface area contributed by atoms with E-state index in [1.807, 2.05) is 0 Å². The van der Waals surface area contributed by atoms with E-state index in [1.54, 1.807) is 11.1 Å². The Balaban J connectivity index is 1.24. The molecule has 0 spiro atoms. The third-order valence-electron chi connectivity index (χ3n) is 8.46. The monoisotopic (exact) mass is 442 g/mol. The van der Waals surface area contributed by atoms with Gasteiger partial charge in [0.25, 0.3) is 0 Å². The molecule has 33 heavy (non-hydrogen) atoms. The molecule has 0 N–H and O–H groups in total. The highest BCUT2D eigenvalue weighted by atomic mass is 14.3. The Morgan fingerprint density at radius 1 is 0.667 bits per heavy atom. The molecular formula is C33H46. The van der Waals surface area contributed by atoms with Gasteiger partial charge in [0, 0.05) is 0 Å². The van der Waals surface area contributed by atoms with Gasteiger partial charge >= 0.3 is 0 Å². The average Bonchev–Trinajstić information content (AvgIpc) is 2.87. The summed E-state index contributed by atoms with van der Waals surface area (Å²) in [4.78, 5) is 0. The maximum atomic E-state index is 2.46. The fourth-order valence-corrected chi connectivity index (χ4v) is 6.05. The largest absolute Gasteiger partial charge is 0.0805 e. The van der Waals surface area contributed by atoms with Crippen LogP contribution in [0, 0.1) is 11.8 Å². The van der Waals surface area contributed by atoms with Crippen LogP contribution in [0.4, 0.5) is 0 Å². The summed E-state index contributed by atoms with van der Waals surface area (Å²) in [6, 6.07) is 18.8. The molecule has 2 aliphatic carbocycles. The molecule has 0 aromatic heterocycles. The second kappa shape index (κ2) is 12.6. The van der Waals surface area contributed by atoms with E-state index >= 15 is 0 Å². The molecule has 2 aromatic carbocycles. The molecule has 0 nitrogen and oxygen atoms in total. The van der Waals surface area contributed by atoms with Crippen molar-refractivity contribution in [3.8, 4) is 11.1 Å². The maximum absolute atomic E-state index is 2.46. The van der Waals surface area contributed by atoms with Crippen LogP contribution in [0.2, 0.25) is 0 Å². The molecule has 2 aromatic rings. The zero-order valence-corrected chi connectivity index (χ0v) is 21.3. The molecule has 0 bridgehead atoms. The molecule has 1 unspecified atom stereocenters. The molecule has 178 valence electrons. The van der Waals surface area contributed by atoms with E-state index in [2.05, 4.69) is 68.5 Å². The summed E-state index contributed by atoms with van der Waals surface area (Å²) in [6.45, 7) is 4.67. The van der Waals surface area contributed by atoms with Crippen LogP contribution in [0.1, 0.15) is 121 Å². The first kappa shape index (κ1) is 24.3. The second-order valence-corrected chi connectivity index (χ2v) is 11.1.